The Labute approximate surface area is 153 Å². The van der Waals surface area contributed by atoms with Crippen LogP contribution in [0, 0.1) is 10.1 Å². The van der Waals surface area contributed by atoms with Crippen LogP contribution in [0.15, 0.2) is 66.0 Å². The van der Waals surface area contributed by atoms with E-state index in [1.165, 1.54) is 12.1 Å². The lowest BCUT2D eigenvalue weighted by Crippen LogP contribution is -2.18. The van der Waals surface area contributed by atoms with E-state index in [4.69, 9.17) is 0 Å². The number of carbonyl (C=O) groups is 1. The number of benzene rings is 2. The molecule has 3 aromatic rings. The van der Waals surface area contributed by atoms with Crippen LogP contribution in [0.2, 0.25) is 0 Å². The Bertz CT molecular complexity index is 999. The molecular weight excluding hydrogens is 350 g/mol. The molecule has 1 amide bonds. The Balaban J connectivity index is 1.68. The summed E-state index contributed by atoms with van der Waals surface area (Å²) in [6.45, 7) is 0.527. The highest BCUT2D eigenvalue weighted by Crippen LogP contribution is 2.21. The molecule has 2 N–H and O–H groups in total. The van der Waals surface area contributed by atoms with Gasteiger partial charge in [0.05, 0.1) is 17.7 Å². The standard InChI is InChI=1S/C18H15N5O4/c24-17-6-5-16(23(26)27)10-15(17)11-19-21-18(25)14-4-1-3-13(9-14)12-22-8-2-7-20-22/h1-11,24H,12H2,(H,21,25). The third-order valence-corrected chi connectivity index (χ3v) is 3.68. The summed E-state index contributed by atoms with van der Waals surface area (Å²) in [5, 5.41) is 28.4. The first-order chi connectivity index (χ1) is 13.0. The van der Waals surface area contributed by atoms with Crippen LogP contribution in [0.4, 0.5) is 5.69 Å². The molecule has 0 bridgehead atoms. The van der Waals surface area contributed by atoms with Gasteiger partial charge in [-0.3, -0.25) is 19.6 Å². The zero-order chi connectivity index (χ0) is 19.2. The SMILES string of the molecule is O=C(NN=Cc1cc([N+](=O)[O-])ccc1O)c1cccc(Cn2cccn2)c1. The molecule has 0 aliphatic rings. The van der Waals surface area contributed by atoms with Crippen LogP contribution < -0.4 is 5.43 Å². The van der Waals surface area contributed by atoms with Crippen molar-refractivity contribution >= 4 is 17.8 Å². The van der Waals surface area contributed by atoms with Gasteiger partial charge in [0.25, 0.3) is 11.6 Å². The first kappa shape index (κ1) is 17.8. The zero-order valence-corrected chi connectivity index (χ0v) is 14.0. The van der Waals surface area contributed by atoms with Crippen LogP contribution >= 0.6 is 0 Å². The first-order valence-corrected chi connectivity index (χ1v) is 7.90. The number of rotatable bonds is 6. The van der Waals surface area contributed by atoms with Crippen molar-refractivity contribution in [1.82, 2.24) is 15.2 Å². The van der Waals surface area contributed by atoms with Crippen molar-refractivity contribution in [3.05, 3.63) is 87.7 Å². The molecule has 0 aliphatic carbocycles. The second kappa shape index (κ2) is 7.91. The molecule has 3 rings (SSSR count). The summed E-state index contributed by atoms with van der Waals surface area (Å²) in [5.41, 5.74) is 3.57. The number of amides is 1. The third-order valence-electron chi connectivity index (χ3n) is 3.68. The average Bonchev–Trinajstić information content (AvgIpc) is 3.16. The number of aromatic nitrogens is 2. The lowest BCUT2D eigenvalue weighted by atomic mass is 10.1. The molecular formula is C18H15N5O4. The summed E-state index contributed by atoms with van der Waals surface area (Å²) >= 11 is 0. The number of hydrogen-bond acceptors (Lipinski definition) is 6. The summed E-state index contributed by atoms with van der Waals surface area (Å²) in [6.07, 6.45) is 4.64. The molecule has 0 aliphatic heterocycles. The molecule has 9 nitrogen and oxygen atoms in total. The zero-order valence-electron chi connectivity index (χ0n) is 14.0. The van der Waals surface area contributed by atoms with Gasteiger partial charge in [0.2, 0.25) is 0 Å². The van der Waals surface area contributed by atoms with Crippen LogP contribution in [0.1, 0.15) is 21.5 Å². The number of nitrogens with zero attached hydrogens (tertiary/aromatic N) is 4. The minimum atomic E-state index is -0.583. The quantitative estimate of drug-likeness (QED) is 0.394. The number of phenols is 1. The number of hydrogen-bond donors (Lipinski definition) is 2. The molecule has 1 heterocycles. The fraction of sp³-hybridized carbons (Fsp3) is 0.0556. The van der Waals surface area contributed by atoms with Gasteiger partial charge in [-0.2, -0.15) is 10.2 Å². The van der Waals surface area contributed by atoms with Gasteiger partial charge in [0, 0.05) is 35.7 Å². The number of non-ortho nitro benzene ring substituents is 1. The van der Waals surface area contributed by atoms with E-state index >= 15 is 0 Å². The largest absolute Gasteiger partial charge is 0.507 e. The smallest absolute Gasteiger partial charge is 0.271 e. The fourth-order valence-corrected chi connectivity index (χ4v) is 2.38. The molecule has 1 aromatic heterocycles. The maximum absolute atomic E-state index is 12.2. The molecule has 0 saturated carbocycles. The predicted molar refractivity (Wildman–Crippen MR) is 97.6 cm³/mol. The second-order valence-electron chi connectivity index (χ2n) is 5.60. The van der Waals surface area contributed by atoms with Gasteiger partial charge in [-0.05, 0) is 29.8 Å². The number of nitro groups is 1. The van der Waals surface area contributed by atoms with Crippen molar-refractivity contribution < 1.29 is 14.8 Å². The maximum atomic E-state index is 12.2. The lowest BCUT2D eigenvalue weighted by Gasteiger charge is -2.05. The molecule has 0 radical (unpaired) electrons. The van der Waals surface area contributed by atoms with Crippen molar-refractivity contribution in [3.8, 4) is 5.75 Å². The highest BCUT2D eigenvalue weighted by atomic mass is 16.6. The van der Waals surface area contributed by atoms with Crippen molar-refractivity contribution in [2.24, 2.45) is 5.10 Å². The molecule has 0 spiro atoms. The van der Waals surface area contributed by atoms with Gasteiger partial charge < -0.3 is 5.11 Å². The highest BCUT2D eigenvalue weighted by molar-refractivity contribution is 5.95. The third kappa shape index (κ3) is 4.54. The van der Waals surface area contributed by atoms with Crippen LogP contribution in [0.25, 0.3) is 0 Å². The number of nitrogens with one attached hydrogen (secondary N) is 1. The van der Waals surface area contributed by atoms with E-state index in [2.05, 4.69) is 15.6 Å². The molecule has 0 unspecified atom stereocenters. The van der Waals surface area contributed by atoms with Gasteiger partial charge in [-0.1, -0.05) is 12.1 Å². The Morgan fingerprint density at radius 3 is 2.89 bits per heavy atom. The summed E-state index contributed by atoms with van der Waals surface area (Å²) in [7, 11) is 0. The van der Waals surface area contributed by atoms with E-state index in [1.807, 2.05) is 18.3 Å². The van der Waals surface area contributed by atoms with E-state index in [9.17, 15) is 20.0 Å². The van der Waals surface area contributed by atoms with Crippen molar-refractivity contribution in [2.75, 3.05) is 0 Å². The summed E-state index contributed by atoms with van der Waals surface area (Å²) in [4.78, 5) is 22.4. The van der Waals surface area contributed by atoms with E-state index in [-0.39, 0.29) is 17.0 Å². The van der Waals surface area contributed by atoms with Gasteiger partial charge in [0.15, 0.2) is 0 Å². The summed E-state index contributed by atoms with van der Waals surface area (Å²) in [6, 6.07) is 12.3. The molecule has 0 atom stereocenters. The Hall–Kier alpha value is -4.01. The normalized spacial score (nSPS) is 10.8. The molecule has 0 saturated heterocycles. The Morgan fingerprint density at radius 1 is 1.30 bits per heavy atom. The van der Waals surface area contributed by atoms with Gasteiger partial charge in [-0.25, -0.2) is 5.43 Å². The number of phenolic OH excluding ortho intramolecular Hbond substituents is 1. The second-order valence-corrected chi connectivity index (χ2v) is 5.60. The molecule has 9 heteroatoms. The minimum absolute atomic E-state index is 0.122. The van der Waals surface area contributed by atoms with Crippen LogP contribution in [-0.4, -0.2) is 31.9 Å². The topological polar surface area (TPSA) is 123 Å². The fourth-order valence-electron chi connectivity index (χ4n) is 2.38. The van der Waals surface area contributed by atoms with Gasteiger partial charge >= 0.3 is 0 Å². The predicted octanol–water partition coefficient (Wildman–Crippen LogP) is 2.31. The average molecular weight is 365 g/mol. The van der Waals surface area contributed by atoms with Crippen molar-refractivity contribution in [1.29, 1.82) is 0 Å². The monoisotopic (exact) mass is 365 g/mol. The van der Waals surface area contributed by atoms with Crippen LogP contribution in [0.3, 0.4) is 0 Å². The van der Waals surface area contributed by atoms with E-state index in [0.717, 1.165) is 17.8 Å². The highest BCUT2D eigenvalue weighted by Gasteiger charge is 2.09. The van der Waals surface area contributed by atoms with E-state index in [1.54, 1.807) is 29.1 Å². The number of carbonyl (C=O) groups excluding carboxylic acids is 1. The minimum Gasteiger partial charge on any atom is -0.507 e. The first-order valence-electron chi connectivity index (χ1n) is 7.90. The molecule has 0 fully saturated rings. The lowest BCUT2D eigenvalue weighted by molar-refractivity contribution is -0.384. The maximum Gasteiger partial charge on any atom is 0.271 e. The van der Waals surface area contributed by atoms with E-state index in [0.29, 0.717) is 12.1 Å². The molecule has 27 heavy (non-hydrogen) atoms. The number of nitro benzene ring substituents is 1. The van der Waals surface area contributed by atoms with Gasteiger partial charge in [-0.15, -0.1) is 0 Å². The summed E-state index contributed by atoms with van der Waals surface area (Å²) in [5.74, 6) is -0.627. The Kier molecular flexibility index (Phi) is 5.22. The summed E-state index contributed by atoms with van der Waals surface area (Å²) < 4.78 is 1.74. The number of aromatic hydroxyl groups is 1. The van der Waals surface area contributed by atoms with Gasteiger partial charge in [0.1, 0.15) is 5.75 Å². The molecule has 136 valence electrons. The number of hydrazone groups is 1. The van der Waals surface area contributed by atoms with Crippen molar-refractivity contribution in [3.63, 3.8) is 0 Å². The molecule has 2 aromatic carbocycles. The van der Waals surface area contributed by atoms with Crippen LogP contribution in [-0.2, 0) is 6.54 Å². The van der Waals surface area contributed by atoms with Crippen LogP contribution in [0.5, 0.6) is 5.75 Å². The van der Waals surface area contributed by atoms with E-state index < -0.39 is 10.8 Å². The van der Waals surface area contributed by atoms with Crippen molar-refractivity contribution in [2.45, 2.75) is 6.54 Å². The Morgan fingerprint density at radius 2 is 2.15 bits per heavy atom.